The Balaban J connectivity index is 0.000000346. The Bertz CT molecular complexity index is 462. The number of carboxylic acid groups (broad SMARTS) is 2. The van der Waals surface area contributed by atoms with Gasteiger partial charge in [-0.05, 0) is 39.3 Å². The Labute approximate surface area is 129 Å². The number of amides is 1. The maximum absolute atomic E-state index is 11.5. The van der Waals surface area contributed by atoms with E-state index in [9.17, 15) is 4.79 Å². The number of hydrogen-bond acceptors (Lipinski definition) is 6. The highest BCUT2D eigenvalue weighted by Crippen LogP contribution is 2.12. The van der Waals surface area contributed by atoms with Gasteiger partial charge in [-0.2, -0.15) is 0 Å². The second-order valence-electron chi connectivity index (χ2n) is 5.25. The van der Waals surface area contributed by atoms with E-state index in [1.807, 2.05) is 11.8 Å². The molecule has 0 aromatic carbocycles. The van der Waals surface area contributed by atoms with Crippen LogP contribution in [-0.2, 0) is 14.4 Å². The molecule has 0 N–H and O–H groups in total. The molecule has 0 aliphatic carbocycles. The summed E-state index contributed by atoms with van der Waals surface area (Å²) in [6, 6.07) is 0.0950. The normalized spacial score (nSPS) is 19.0. The first-order valence-electron chi connectivity index (χ1n) is 7.34. The SMILES string of the molecule is C[C@H](C#CCN1CCCC1)N1CCCC1=O.O=C([O-])C(=O)[O-]. The van der Waals surface area contributed by atoms with Crippen LogP contribution in [-0.4, -0.2) is 59.9 Å². The monoisotopic (exact) mass is 308 g/mol. The van der Waals surface area contributed by atoms with Crippen molar-refractivity contribution in [2.45, 2.75) is 38.6 Å². The topological polar surface area (TPSA) is 104 Å². The molecule has 0 aromatic rings. The highest BCUT2D eigenvalue weighted by atomic mass is 16.4. The van der Waals surface area contributed by atoms with Crippen molar-refractivity contribution in [2.75, 3.05) is 26.2 Å². The van der Waals surface area contributed by atoms with Crippen LogP contribution in [0.1, 0.15) is 32.6 Å². The quantitative estimate of drug-likeness (QED) is 0.415. The number of hydrogen-bond donors (Lipinski definition) is 0. The second-order valence-corrected chi connectivity index (χ2v) is 5.25. The first-order valence-corrected chi connectivity index (χ1v) is 7.34. The molecule has 2 aliphatic rings. The van der Waals surface area contributed by atoms with Crippen molar-refractivity contribution in [3.63, 3.8) is 0 Å². The highest BCUT2D eigenvalue weighted by Gasteiger charge is 2.23. The Hall–Kier alpha value is -2.07. The van der Waals surface area contributed by atoms with E-state index in [1.54, 1.807) is 0 Å². The van der Waals surface area contributed by atoms with Crippen molar-refractivity contribution in [3.05, 3.63) is 0 Å². The Morgan fingerprint density at radius 2 is 1.73 bits per heavy atom. The lowest BCUT2D eigenvalue weighted by molar-refractivity contribution is -0.345. The van der Waals surface area contributed by atoms with Crippen LogP contribution >= 0.6 is 0 Å². The molecule has 2 rings (SSSR count). The predicted octanol–water partition coefficient (Wildman–Crippen LogP) is -2.42. The lowest BCUT2D eigenvalue weighted by Gasteiger charge is -2.19. The van der Waals surface area contributed by atoms with Gasteiger partial charge in [0.25, 0.3) is 0 Å². The van der Waals surface area contributed by atoms with E-state index in [4.69, 9.17) is 19.8 Å². The second kappa shape index (κ2) is 9.05. The molecule has 0 unspecified atom stereocenters. The van der Waals surface area contributed by atoms with Crippen LogP contribution in [0.5, 0.6) is 0 Å². The summed E-state index contributed by atoms with van der Waals surface area (Å²) in [6.45, 7) is 6.16. The fraction of sp³-hybridized carbons (Fsp3) is 0.667. The summed E-state index contributed by atoms with van der Waals surface area (Å²) in [6.07, 6.45) is 4.32. The van der Waals surface area contributed by atoms with Crippen LogP contribution in [0.25, 0.3) is 0 Å². The minimum absolute atomic E-state index is 0.0950. The van der Waals surface area contributed by atoms with Gasteiger partial charge < -0.3 is 24.7 Å². The smallest absolute Gasteiger partial charge is 0.223 e. The highest BCUT2D eigenvalue weighted by molar-refractivity contribution is 6.25. The van der Waals surface area contributed by atoms with Gasteiger partial charge in [-0.3, -0.25) is 9.69 Å². The zero-order chi connectivity index (χ0) is 16.5. The molecule has 0 saturated carbocycles. The van der Waals surface area contributed by atoms with E-state index >= 15 is 0 Å². The molecule has 7 nitrogen and oxygen atoms in total. The van der Waals surface area contributed by atoms with Crippen LogP contribution in [0, 0.1) is 11.8 Å². The van der Waals surface area contributed by atoms with Crippen LogP contribution in [0.4, 0.5) is 0 Å². The minimum atomic E-state index is -2.19. The molecule has 22 heavy (non-hydrogen) atoms. The maximum atomic E-state index is 11.5. The van der Waals surface area contributed by atoms with Crippen molar-refractivity contribution in [3.8, 4) is 11.8 Å². The number of rotatable bonds is 2. The summed E-state index contributed by atoms with van der Waals surface area (Å²) in [5.41, 5.74) is 0. The molecule has 1 atom stereocenters. The Morgan fingerprint density at radius 3 is 2.18 bits per heavy atom. The van der Waals surface area contributed by atoms with Crippen LogP contribution < -0.4 is 10.2 Å². The number of nitrogens with zero attached hydrogens (tertiary/aromatic N) is 2. The van der Waals surface area contributed by atoms with Crippen molar-refractivity contribution in [1.29, 1.82) is 0 Å². The molecular formula is C15H20N2O5-2. The third-order valence-electron chi connectivity index (χ3n) is 3.56. The number of aliphatic carboxylic acids is 2. The first-order chi connectivity index (χ1) is 10.4. The summed E-state index contributed by atoms with van der Waals surface area (Å²) in [5.74, 6) is 2.30. The molecule has 1 amide bonds. The van der Waals surface area contributed by atoms with Gasteiger partial charge in [-0.25, -0.2) is 0 Å². The fourth-order valence-electron chi connectivity index (χ4n) is 2.40. The molecule has 2 heterocycles. The average molecular weight is 308 g/mol. The van der Waals surface area contributed by atoms with Gasteiger partial charge in [-0.1, -0.05) is 11.8 Å². The lowest BCUT2D eigenvalue weighted by Crippen LogP contribution is -2.42. The van der Waals surface area contributed by atoms with Gasteiger partial charge in [0.2, 0.25) is 5.91 Å². The van der Waals surface area contributed by atoms with Crippen LogP contribution in [0.2, 0.25) is 0 Å². The third kappa shape index (κ3) is 6.14. The minimum Gasteiger partial charge on any atom is -0.543 e. The average Bonchev–Trinajstić information content (AvgIpc) is 3.10. The van der Waals surface area contributed by atoms with Gasteiger partial charge in [0.05, 0.1) is 24.5 Å². The largest absolute Gasteiger partial charge is 0.543 e. The number of carbonyl (C=O) groups is 3. The van der Waals surface area contributed by atoms with E-state index in [-0.39, 0.29) is 11.9 Å². The molecule has 2 aliphatic heterocycles. The van der Waals surface area contributed by atoms with Gasteiger partial charge in [-0.15, -0.1) is 0 Å². The summed E-state index contributed by atoms with van der Waals surface area (Å²) < 4.78 is 0. The zero-order valence-electron chi connectivity index (χ0n) is 12.7. The zero-order valence-corrected chi connectivity index (χ0v) is 12.7. The van der Waals surface area contributed by atoms with Gasteiger partial charge in [0.1, 0.15) is 0 Å². The molecular weight excluding hydrogens is 288 g/mol. The van der Waals surface area contributed by atoms with E-state index in [1.165, 1.54) is 25.9 Å². The molecule has 0 spiro atoms. The molecule has 2 saturated heterocycles. The van der Waals surface area contributed by atoms with Crippen LogP contribution in [0.3, 0.4) is 0 Å². The summed E-state index contributed by atoms with van der Waals surface area (Å²) in [5, 5.41) is 17.9. The van der Waals surface area contributed by atoms with E-state index in [2.05, 4.69) is 16.7 Å². The standard InChI is InChI=1S/C13H20N2O.C2H2O4/c1-12(15-11-5-7-13(15)16)6-4-10-14-8-2-3-9-14;3-1(4)2(5)6/h12H,2-3,5,7-11H2,1H3;(H,3,4)(H,5,6)/p-2/t12-;/m1./s1. The molecule has 0 bridgehead atoms. The molecule has 122 valence electrons. The van der Waals surface area contributed by atoms with Gasteiger partial charge >= 0.3 is 0 Å². The van der Waals surface area contributed by atoms with Gasteiger partial charge in [0, 0.05) is 13.0 Å². The first kappa shape index (κ1) is 18.0. The molecule has 7 heteroatoms. The molecule has 0 aromatic heterocycles. The predicted molar refractivity (Wildman–Crippen MR) is 73.9 cm³/mol. The van der Waals surface area contributed by atoms with Crippen LogP contribution in [0.15, 0.2) is 0 Å². The lowest BCUT2D eigenvalue weighted by atomic mass is 10.3. The van der Waals surface area contributed by atoms with E-state index in [0.29, 0.717) is 6.42 Å². The maximum Gasteiger partial charge on any atom is 0.223 e. The summed E-state index contributed by atoms with van der Waals surface area (Å²) >= 11 is 0. The summed E-state index contributed by atoms with van der Waals surface area (Å²) in [7, 11) is 0. The number of carbonyl (C=O) groups excluding carboxylic acids is 3. The van der Waals surface area contributed by atoms with E-state index in [0.717, 1.165) is 19.5 Å². The number of likely N-dealkylation sites (tertiary alicyclic amines) is 2. The van der Waals surface area contributed by atoms with Crippen molar-refractivity contribution >= 4 is 17.8 Å². The van der Waals surface area contributed by atoms with E-state index < -0.39 is 11.9 Å². The van der Waals surface area contributed by atoms with Crippen molar-refractivity contribution in [1.82, 2.24) is 9.80 Å². The Morgan fingerprint density at radius 1 is 1.14 bits per heavy atom. The van der Waals surface area contributed by atoms with Crippen molar-refractivity contribution in [2.24, 2.45) is 0 Å². The Kier molecular flexibility index (Phi) is 7.40. The van der Waals surface area contributed by atoms with Gasteiger partial charge in [0.15, 0.2) is 0 Å². The third-order valence-corrected chi connectivity index (χ3v) is 3.56. The summed E-state index contributed by atoms with van der Waals surface area (Å²) in [4.78, 5) is 33.6. The molecule has 2 fully saturated rings. The fourth-order valence-corrected chi connectivity index (χ4v) is 2.40. The van der Waals surface area contributed by atoms with Crippen molar-refractivity contribution < 1.29 is 24.6 Å². The number of carboxylic acids is 2. The molecule has 0 radical (unpaired) electrons.